The van der Waals surface area contributed by atoms with Crippen LogP contribution >= 0.6 is 0 Å². The molecule has 0 spiro atoms. The Hall–Kier alpha value is -3.28. The molecule has 2 aromatic rings. The summed E-state index contributed by atoms with van der Waals surface area (Å²) in [5.41, 5.74) is 3.77. The Kier molecular flexibility index (Phi) is 6.77. The molecule has 2 N–H and O–H groups in total. The number of para-hydroxylation sites is 1. The predicted molar refractivity (Wildman–Crippen MR) is 115 cm³/mol. The lowest BCUT2D eigenvalue weighted by Gasteiger charge is -2.29. The van der Waals surface area contributed by atoms with Gasteiger partial charge in [0.1, 0.15) is 12.4 Å². The first-order valence-corrected chi connectivity index (χ1v) is 10.1. The van der Waals surface area contributed by atoms with Gasteiger partial charge in [0.2, 0.25) is 0 Å². The molecule has 158 valence electrons. The number of hydrogen-bond donors (Lipinski definition) is 2. The zero-order valence-corrected chi connectivity index (χ0v) is 17.8. The van der Waals surface area contributed by atoms with E-state index in [1.807, 2.05) is 69.3 Å². The number of carbonyl (C=O) groups excluding carboxylic acids is 2. The zero-order valence-electron chi connectivity index (χ0n) is 17.8. The molecule has 1 aliphatic heterocycles. The standard InChI is InChI=1S/C24H28N2O4/c1-15(2)13-30-23(27)21-17(4)25-24(28)26-22(21)19-11-7-8-12-20(19)29-14-18-10-6-5-9-16(18)3/h5-12,15,22H,13-14H2,1-4H3,(H2,25,26,28). The van der Waals surface area contributed by atoms with Crippen LogP contribution in [0, 0.1) is 12.8 Å². The first kappa shape index (κ1) is 21.4. The molecular weight excluding hydrogens is 380 g/mol. The Morgan fingerprint density at radius 1 is 1.07 bits per heavy atom. The monoisotopic (exact) mass is 408 g/mol. The van der Waals surface area contributed by atoms with E-state index in [2.05, 4.69) is 10.6 Å². The summed E-state index contributed by atoms with van der Waals surface area (Å²) in [5.74, 6) is 0.367. The van der Waals surface area contributed by atoms with E-state index in [1.165, 1.54) is 0 Å². The van der Waals surface area contributed by atoms with E-state index in [-0.39, 0.29) is 11.9 Å². The van der Waals surface area contributed by atoms with Crippen LogP contribution in [0.5, 0.6) is 5.75 Å². The fourth-order valence-electron chi connectivity index (χ4n) is 3.30. The average molecular weight is 408 g/mol. The Morgan fingerprint density at radius 2 is 1.77 bits per heavy atom. The third-order valence-electron chi connectivity index (χ3n) is 4.91. The first-order chi connectivity index (χ1) is 14.4. The molecule has 1 unspecified atom stereocenters. The lowest BCUT2D eigenvalue weighted by Crippen LogP contribution is -2.45. The van der Waals surface area contributed by atoms with Crippen LogP contribution in [0.15, 0.2) is 59.8 Å². The molecule has 30 heavy (non-hydrogen) atoms. The van der Waals surface area contributed by atoms with Crippen molar-refractivity contribution < 1.29 is 19.1 Å². The molecule has 0 saturated carbocycles. The van der Waals surface area contributed by atoms with Gasteiger partial charge in [-0.05, 0) is 37.0 Å². The van der Waals surface area contributed by atoms with Crippen LogP contribution < -0.4 is 15.4 Å². The summed E-state index contributed by atoms with van der Waals surface area (Å²) in [6.07, 6.45) is 0. The molecule has 0 aromatic heterocycles. The van der Waals surface area contributed by atoms with Gasteiger partial charge in [0.25, 0.3) is 0 Å². The summed E-state index contributed by atoms with van der Waals surface area (Å²) < 4.78 is 11.6. The molecule has 2 amide bonds. The van der Waals surface area contributed by atoms with Crippen molar-refractivity contribution in [3.63, 3.8) is 0 Å². The molecular formula is C24H28N2O4. The smallest absolute Gasteiger partial charge is 0.338 e. The highest BCUT2D eigenvalue weighted by molar-refractivity contribution is 5.95. The van der Waals surface area contributed by atoms with E-state index >= 15 is 0 Å². The number of nitrogens with one attached hydrogen (secondary N) is 2. The van der Waals surface area contributed by atoms with Crippen LogP contribution in [-0.4, -0.2) is 18.6 Å². The fraction of sp³-hybridized carbons (Fsp3) is 0.333. The molecule has 0 bridgehead atoms. The van der Waals surface area contributed by atoms with Gasteiger partial charge in [0, 0.05) is 11.3 Å². The highest BCUT2D eigenvalue weighted by atomic mass is 16.5. The Morgan fingerprint density at radius 3 is 2.50 bits per heavy atom. The van der Waals surface area contributed by atoms with E-state index in [4.69, 9.17) is 9.47 Å². The van der Waals surface area contributed by atoms with E-state index in [0.717, 1.165) is 11.1 Å². The summed E-state index contributed by atoms with van der Waals surface area (Å²) in [7, 11) is 0. The SMILES string of the molecule is CC1=C(C(=O)OCC(C)C)C(c2ccccc2OCc2ccccc2C)NC(=O)N1. The maximum Gasteiger partial charge on any atom is 0.338 e. The van der Waals surface area contributed by atoms with Crippen molar-refractivity contribution in [3.05, 3.63) is 76.5 Å². The van der Waals surface area contributed by atoms with Gasteiger partial charge in [0.15, 0.2) is 0 Å². The summed E-state index contributed by atoms with van der Waals surface area (Å²) in [5, 5.41) is 5.51. The molecule has 0 radical (unpaired) electrons. The van der Waals surface area contributed by atoms with Crippen molar-refractivity contribution >= 4 is 12.0 Å². The normalized spacial score (nSPS) is 16.2. The van der Waals surface area contributed by atoms with Crippen molar-refractivity contribution in [2.75, 3.05) is 6.61 Å². The second-order valence-corrected chi connectivity index (χ2v) is 7.82. The average Bonchev–Trinajstić information content (AvgIpc) is 2.71. The van der Waals surface area contributed by atoms with Crippen LogP contribution in [0.3, 0.4) is 0 Å². The molecule has 0 aliphatic carbocycles. The van der Waals surface area contributed by atoms with Gasteiger partial charge in [0.05, 0.1) is 18.2 Å². The number of rotatable bonds is 7. The van der Waals surface area contributed by atoms with Crippen LogP contribution in [-0.2, 0) is 16.1 Å². The van der Waals surface area contributed by atoms with Crippen LogP contribution in [0.4, 0.5) is 4.79 Å². The highest BCUT2D eigenvalue weighted by Gasteiger charge is 2.34. The number of aryl methyl sites for hydroxylation is 1. The minimum absolute atomic E-state index is 0.212. The maximum absolute atomic E-state index is 12.8. The van der Waals surface area contributed by atoms with Gasteiger partial charge < -0.3 is 20.1 Å². The molecule has 1 aliphatic rings. The van der Waals surface area contributed by atoms with Crippen LogP contribution in [0.1, 0.15) is 43.5 Å². The number of ether oxygens (including phenoxy) is 2. The highest BCUT2D eigenvalue weighted by Crippen LogP contribution is 2.34. The zero-order chi connectivity index (χ0) is 21.7. The van der Waals surface area contributed by atoms with Crippen molar-refractivity contribution in [1.82, 2.24) is 10.6 Å². The van der Waals surface area contributed by atoms with Crippen molar-refractivity contribution in [2.24, 2.45) is 5.92 Å². The van der Waals surface area contributed by atoms with Gasteiger partial charge in [-0.3, -0.25) is 0 Å². The van der Waals surface area contributed by atoms with E-state index in [1.54, 1.807) is 6.92 Å². The number of allylic oxidation sites excluding steroid dienone is 1. The Bertz CT molecular complexity index is 965. The molecule has 0 fully saturated rings. The van der Waals surface area contributed by atoms with Crippen molar-refractivity contribution in [1.29, 1.82) is 0 Å². The van der Waals surface area contributed by atoms with Gasteiger partial charge >= 0.3 is 12.0 Å². The van der Waals surface area contributed by atoms with Gasteiger partial charge in [-0.1, -0.05) is 56.3 Å². The third-order valence-corrected chi connectivity index (χ3v) is 4.91. The molecule has 6 heteroatoms. The summed E-state index contributed by atoms with van der Waals surface area (Å²) in [4.78, 5) is 25.0. The molecule has 6 nitrogen and oxygen atoms in total. The minimum Gasteiger partial charge on any atom is -0.489 e. The summed E-state index contributed by atoms with van der Waals surface area (Å²) >= 11 is 0. The molecule has 1 heterocycles. The summed E-state index contributed by atoms with van der Waals surface area (Å²) in [6.45, 7) is 8.38. The Labute approximate surface area is 177 Å². The molecule has 3 rings (SSSR count). The largest absolute Gasteiger partial charge is 0.489 e. The fourth-order valence-corrected chi connectivity index (χ4v) is 3.30. The Balaban J connectivity index is 1.90. The van der Waals surface area contributed by atoms with E-state index in [9.17, 15) is 9.59 Å². The second kappa shape index (κ2) is 9.48. The van der Waals surface area contributed by atoms with Crippen LogP contribution in [0.25, 0.3) is 0 Å². The van der Waals surface area contributed by atoms with Gasteiger partial charge in [-0.15, -0.1) is 0 Å². The number of hydrogen-bond acceptors (Lipinski definition) is 4. The lowest BCUT2D eigenvalue weighted by atomic mass is 9.94. The van der Waals surface area contributed by atoms with Crippen LogP contribution in [0.2, 0.25) is 0 Å². The summed E-state index contributed by atoms with van der Waals surface area (Å²) in [6, 6.07) is 14.4. The van der Waals surface area contributed by atoms with Gasteiger partial charge in [-0.25, -0.2) is 9.59 Å². The minimum atomic E-state index is -0.661. The van der Waals surface area contributed by atoms with E-state index in [0.29, 0.717) is 35.8 Å². The quantitative estimate of drug-likeness (QED) is 0.666. The molecule has 2 aromatic carbocycles. The topological polar surface area (TPSA) is 76.7 Å². The number of esters is 1. The molecule has 1 atom stereocenters. The second-order valence-electron chi connectivity index (χ2n) is 7.82. The van der Waals surface area contributed by atoms with Crippen molar-refractivity contribution in [2.45, 2.75) is 40.3 Å². The first-order valence-electron chi connectivity index (χ1n) is 10.1. The van der Waals surface area contributed by atoms with Gasteiger partial charge in [-0.2, -0.15) is 0 Å². The predicted octanol–water partition coefficient (Wildman–Crippen LogP) is 4.40. The third kappa shape index (κ3) is 5.00. The number of urea groups is 1. The number of benzene rings is 2. The maximum atomic E-state index is 12.8. The van der Waals surface area contributed by atoms with E-state index < -0.39 is 12.0 Å². The van der Waals surface area contributed by atoms with Crippen molar-refractivity contribution in [3.8, 4) is 5.75 Å². The lowest BCUT2D eigenvalue weighted by molar-refractivity contribution is -0.140. The molecule has 0 saturated heterocycles. The number of amides is 2. The number of carbonyl (C=O) groups is 2.